The van der Waals surface area contributed by atoms with E-state index in [9.17, 15) is 22.0 Å². The molecule has 1 nitrogen and oxygen atoms in total. The molecule has 0 atom stereocenters. The first-order valence-electron chi connectivity index (χ1n) is 9.85. The first-order valence-corrected chi connectivity index (χ1v) is 9.85. The smallest absolute Gasteiger partial charge is 0.271 e. The van der Waals surface area contributed by atoms with Crippen LogP contribution in [-0.4, -0.2) is 6.61 Å². The minimum absolute atomic E-state index is 0.150. The van der Waals surface area contributed by atoms with Crippen LogP contribution in [0.15, 0.2) is 72.8 Å². The summed E-state index contributed by atoms with van der Waals surface area (Å²) in [6.45, 7) is 2.20. The molecule has 0 aliphatic rings. The third kappa shape index (κ3) is 4.21. The van der Waals surface area contributed by atoms with Crippen molar-refractivity contribution in [2.24, 2.45) is 0 Å². The second-order valence-electron chi connectivity index (χ2n) is 7.11. The van der Waals surface area contributed by atoms with Gasteiger partial charge in [-0.05, 0) is 47.7 Å². The normalized spacial score (nSPS) is 10.9. The highest BCUT2D eigenvalue weighted by atomic mass is 19.3. The molecule has 4 rings (SSSR count). The van der Waals surface area contributed by atoms with Crippen LogP contribution in [-0.2, 0) is 0 Å². The van der Waals surface area contributed by atoms with E-state index in [4.69, 9.17) is 4.74 Å². The lowest BCUT2D eigenvalue weighted by atomic mass is 9.96. The van der Waals surface area contributed by atoms with E-state index in [1.165, 1.54) is 48.5 Å². The number of rotatable bonds is 5. The van der Waals surface area contributed by atoms with Crippen molar-refractivity contribution in [3.05, 3.63) is 95.8 Å². The lowest BCUT2D eigenvalue weighted by Crippen LogP contribution is -1.94. The van der Waals surface area contributed by atoms with Crippen molar-refractivity contribution in [1.82, 2.24) is 0 Å². The van der Waals surface area contributed by atoms with Gasteiger partial charge in [0.25, 0.3) is 6.08 Å². The molecule has 0 saturated carbocycles. The topological polar surface area (TPSA) is 9.23 Å². The fourth-order valence-corrected chi connectivity index (χ4v) is 3.61. The Balaban J connectivity index is 1.71. The molecule has 32 heavy (non-hydrogen) atoms. The van der Waals surface area contributed by atoms with Crippen LogP contribution < -0.4 is 4.74 Å². The van der Waals surface area contributed by atoms with Gasteiger partial charge in [0.1, 0.15) is 23.2 Å². The average Bonchev–Trinajstić information content (AvgIpc) is 2.75. The van der Waals surface area contributed by atoms with Gasteiger partial charge in [0.05, 0.1) is 6.61 Å². The van der Waals surface area contributed by atoms with Crippen LogP contribution in [0.1, 0.15) is 12.5 Å². The Morgan fingerprint density at radius 1 is 0.781 bits per heavy atom. The van der Waals surface area contributed by atoms with E-state index in [2.05, 4.69) is 0 Å². The minimum Gasteiger partial charge on any atom is -0.494 e. The van der Waals surface area contributed by atoms with Gasteiger partial charge in [-0.1, -0.05) is 36.4 Å². The van der Waals surface area contributed by atoms with Crippen molar-refractivity contribution < 1.29 is 26.7 Å². The Morgan fingerprint density at radius 3 is 2.09 bits per heavy atom. The Morgan fingerprint density at radius 2 is 1.44 bits per heavy atom. The molecule has 0 amide bonds. The Bertz CT molecular complexity index is 1340. The van der Waals surface area contributed by atoms with Crippen LogP contribution in [0.25, 0.3) is 39.1 Å². The first-order chi connectivity index (χ1) is 15.4. The summed E-state index contributed by atoms with van der Waals surface area (Å²) in [7, 11) is 0. The molecule has 162 valence electrons. The summed E-state index contributed by atoms with van der Waals surface area (Å²) in [6.07, 6.45) is -1.54. The second-order valence-corrected chi connectivity index (χ2v) is 7.11. The number of halogens is 5. The summed E-state index contributed by atoms with van der Waals surface area (Å²) in [5, 5.41) is 0.592. The van der Waals surface area contributed by atoms with Crippen LogP contribution in [0, 0.1) is 17.5 Å². The summed E-state index contributed by atoms with van der Waals surface area (Å²) < 4.78 is 74.1. The number of hydrogen-bond donors (Lipinski definition) is 0. The molecule has 4 aromatic rings. The maximum atomic E-state index is 14.9. The lowest BCUT2D eigenvalue weighted by Gasteiger charge is -2.11. The molecule has 0 spiro atoms. The molecule has 0 heterocycles. The van der Waals surface area contributed by atoms with Crippen molar-refractivity contribution in [2.75, 3.05) is 6.61 Å². The van der Waals surface area contributed by atoms with E-state index in [0.717, 1.165) is 0 Å². The number of hydrogen-bond acceptors (Lipinski definition) is 1. The van der Waals surface area contributed by atoms with Gasteiger partial charge in [-0.25, -0.2) is 13.2 Å². The highest BCUT2D eigenvalue weighted by Gasteiger charge is 2.13. The zero-order chi connectivity index (χ0) is 22.8. The molecule has 0 fully saturated rings. The number of fused-ring (bicyclic) bond motifs is 1. The standard InChI is InChI=1S/C26H17F5O/c1-2-32-19-7-10-21(24(28)14-19)17-5-8-20(23(27)12-17)15-6-9-22-16(11-15)3-4-18(26(22)31)13-25(29)30/h3-14H,2H2,1H3. The zero-order valence-electron chi connectivity index (χ0n) is 16.9. The third-order valence-electron chi connectivity index (χ3n) is 5.09. The Kier molecular flexibility index (Phi) is 5.95. The molecule has 0 radical (unpaired) electrons. The van der Waals surface area contributed by atoms with Crippen molar-refractivity contribution in [3.63, 3.8) is 0 Å². The highest BCUT2D eigenvalue weighted by molar-refractivity contribution is 5.90. The van der Waals surface area contributed by atoms with Gasteiger partial charge in [0, 0.05) is 34.2 Å². The molecule has 0 unspecified atom stereocenters. The second kappa shape index (κ2) is 8.83. The summed E-state index contributed by atoms with van der Waals surface area (Å²) >= 11 is 0. The third-order valence-corrected chi connectivity index (χ3v) is 5.09. The molecule has 4 aromatic carbocycles. The maximum absolute atomic E-state index is 14.9. The van der Waals surface area contributed by atoms with Gasteiger partial charge >= 0.3 is 0 Å². The van der Waals surface area contributed by atoms with Crippen molar-refractivity contribution in [3.8, 4) is 28.0 Å². The van der Waals surface area contributed by atoms with Gasteiger partial charge in [-0.3, -0.25) is 0 Å². The fourth-order valence-electron chi connectivity index (χ4n) is 3.61. The van der Waals surface area contributed by atoms with Gasteiger partial charge in [-0.15, -0.1) is 0 Å². The van der Waals surface area contributed by atoms with E-state index < -0.39 is 23.5 Å². The van der Waals surface area contributed by atoms with Gasteiger partial charge in [0.15, 0.2) is 0 Å². The SMILES string of the molecule is CCOc1ccc(-c2ccc(-c3ccc4c(F)c(C=C(F)F)ccc4c3)c(F)c2)c(F)c1. The van der Waals surface area contributed by atoms with Gasteiger partial charge in [0.2, 0.25) is 0 Å². The maximum Gasteiger partial charge on any atom is 0.271 e. The van der Waals surface area contributed by atoms with E-state index in [1.54, 1.807) is 25.1 Å². The van der Waals surface area contributed by atoms with Crippen molar-refractivity contribution in [2.45, 2.75) is 6.92 Å². The molecule has 6 heteroatoms. The quantitative estimate of drug-likeness (QED) is 0.284. The highest BCUT2D eigenvalue weighted by Crippen LogP contribution is 2.33. The summed E-state index contributed by atoms with van der Waals surface area (Å²) in [5.41, 5.74) is 1.11. The monoisotopic (exact) mass is 440 g/mol. The molecule has 0 aliphatic carbocycles. The van der Waals surface area contributed by atoms with Crippen molar-refractivity contribution in [1.29, 1.82) is 0 Å². The lowest BCUT2D eigenvalue weighted by molar-refractivity contribution is 0.338. The zero-order valence-corrected chi connectivity index (χ0v) is 16.9. The number of ether oxygens (including phenoxy) is 1. The fraction of sp³-hybridized carbons (Fsp3) is 0.0769. The molecule has 0 bridgehead atoms. The van der Waals surface area contributed by atoms with Crippen LogP contribution >= 0.6 is 0 Å². The Labute approximate surface area is 181 Å². The summed E-state index contributed by atoms with van der Waals surface area (Å²) in [5.74, 6) is -1.49. The summed E-state index contributed by atoms with van der Waals surface area (Å²) in [4.78, 5) is 0. The molecular weight excluding hydrogens is 423 g/mol. The van der Waals surface area contributed by atoms with Crippen LogP contribution in [0.5, 0.6) is 5.75 Å². The van der Waals surface area contributed by atoms with Crippen LogP contribution in [0.3, 0.4) is 0 Å². The minimum atomic E-state index is -1.99. The summed E-state index contributed by atoms with van der Waals surface area (Å²) in [6, 6.07) is 16.0. The van der Waals surface area contributed by atoms with Crippen LogP contribution in [0.2, 0.25) is 0 Å². The molecule has 0 aliphatic heterocycles. The van der Waals surface area contributed by atoms with E-state index in [1.807, 2.05) is 0 Å². The van der Waals surface area contributed by atoms with Gasteiger partial charge in [-0.2, -0.15) is 8.78 Å². The van der Waals surface area contributed by atoms with E-state index >= 15 is 0 Å². The molecular formula is C26H17F5O. The molecule has 0 aromatic heterocycles. The predicted molar refractivity (Wildman–Crippen MR) is 116 cm³/mol. The van der Waals surface area contributed by atoms with Gasteiger partial charge < -0.3 is 4.74 Å². The van der Waals surface area contributed by atoms with E-state index in [0.29, 0.717) is 34.9 Å². The van der Waals surface area contributed by atoms with E-state index in [-0.39, 0.29) is 22.1 Å². The average molecular weight is 440 g/mol. The molecule has 0 saturated heterocycles. The van der Waals surface area contributed by atoms with Crippen molar-refractivity contribution >= 4 is 16.8 Å². The number of benzene rings is 4. The first kappa shape index (κ1) is 21.6. The largest absolute Gasteiger partial charge is 0.494 e. The predicted octanol–water partition coefficient (Wildman–Crippen LogP) is 8.23. The van der Waals surface area contributed by atoms with Crippen LogP contribution in [0.4, 0.5) is 22.0 Å². The molecule has 0 N–H and O–H groups in total. The Hall–Kier alpha value is -3.67.